The number of benzene rings is 1. The van der Waals surface area contributed by atoms with Gasteiger partial charge in [0.05, 0.1) is 23.1 Å². The molecule has 21 heavy (non-hydrogen) atoms. The molecule has 0 radical (unpaired) electrons. The van der Waals surface area contributed by atoms with Gasteiger partial charge in [0.1, 0.15) is 4.90 Å². The topological polar surface area (TPSA) is 140 Å². The van der Waals surface area contributed by atoms with Crippen LogP contribution < -0.4 is 16.0 Å². The first-order valence-electron chi connectivity index (χ1n) is 5.70. The van der Waals surface area contributed by atoms with Crippen LogP contribution in [0.5, 0.6) is 0 Å². The van der Waals surface area contributed by atoms with Crippen LogP contribution in [0.2, 0.25) is 0 Å². The monoisotopic (exact) mass is 312 g/mol. The number of hydrogen-bond acceptors (Lipinski definition) is 7. The zero-order chi connectivity index (χ0) is 15.5. The summed E-state index contributed by atoms with van der Waals surface area (Å²) in [6, 6.07) is 4.87. The number of nitrogen functional groups attached to an aromatic ring is 1. The van der Waals surface area contributed by atoms with Gasteiger partial charge in [-0.05, 0) is 12.1 Å². The normalized spacial score (nSPS) is 11.3. The summed E-state index contributed by atoms with van der Waals surface area (Å²) in [4.78, 5) is 9.85. The van der Waals surface area contributed by atoms with Gasteiger partial charge in [-0.15, -0.1) is 0 Å². The van der Waals surface area contributed by atoms with Gasteiger partial charge in [0, 0.05) is 24.2 Å². The molecule has 4 N–H and O–H groups in total. The Morgan fingerprint density at radius 3 is 2.67 bits per heavy atom. The molecule has 0 saturated carbocycles. The fraction of sp³-hybridized carbons (Fsp3) is 0.0909. The number of non-ortho nitro benzene ring substituents is 1. The summed E-state index contributed by atoms with van der Waals surface area (Å²) in [5.41, 5.74) is 2.46. The van der Waals surface area contributed by atoms with Crippen molar-refractivity contribution in [2.45, 2.75) is 11.4 Å². The van der Waals surface area contributed by atoms with Crippen molar-refractivity contribution in [1.29, 1.82) is 0 Å². The van der Waals surface area contributed by atoms with Crippen LogP contribution in [0, 0.1) is 10.1 Å². The lowest BCUT2D eigenvalue weighted by Gasteiger charge is -2.10. The molecule has 112 valence electrons. The molecular formula is C11H12N4O5S. The highest BCUT2D eigenvalue weighted by molar-refractivity contribution is 7.89. The Morgan fingerprint density at radius 1 is 1.33 bits per heavy atom. The van der Waals surface area contributed by atoms with Gasteiger partial charge in [0.15, 0.2) is 0 Å². The maximum atomic E-state index is 12.2. The number of hydrogen-bond donors (Lipinski definition) is 3. The van der Waals surface area contributed by atoms with E-state index < -0.39 is 14.9 Å². The van der Waals surface area contributed by atoms with E-state index in [0.717, 1.165) is 18.2 Å². The highest BCUT2D eigenvalue weighted by Crippen LogP contribution is 2.25. The van der Waals surface area contributed by atoms with E-state index in [1.165, 1.54) is 12.5 Å². The summed E-state index contributed by atoms with van der Waals surface area (Å²) in [6.07, 6.45) is 2.82. The number of rotatable bonds is 6. The van der Waals surface area contributed by atoms with Crippen molar-refractivity contribution in [3.05, 3.63) is 52.5 Å². The van der Waals surface area contributed by atoms with Gasteiger partial charge < -0.3 is 9.84 Å². The van der Waals surface area contributed by atoms with Gasteiger partial charge in [0.25, 0.3) is 5.69 Å². The number of furan rings is 1. The van der Waals surface area contributed by atoms with Gasteiger partial charge in [-0.3, -0.25) is 16.0 Å². The molecule has 1 aromatic carbocycles. The zero-order valence-electron chi connectivity index (χ0n) is 10.6. The molecule has 0 spiro atoms. The first-order valence-corrected chi connectivity index (χ1v) is 7.18. The summed E-state index contributed by atoms with van der Waals surface area (Å²) in [6.45, 7) is 0.0276. The van der Waals surface area contributed by atoms with Crippen molar-refractivity contribution in [3.8, 4) is 0 Å². The highest BCUT2D eigenvalue weighted by atomic mass is 32.2. The summed E-state index contributed by atoms with van der Waals surface area (Å²) < 4.78 is 31.5. The Labute approximate surface area is 119 Å². The van der Waals surface area contributed by atoms with Crippen molar-refractivity contribution in [2.24, 2.45) is 5.84 Å². The summed E-state index contributed by atoms with van der Waals surface area (Å²) in [5, 5.41) is 10.7. The molecule has 0 bridgehead atoms. The van der Waals surface area contributed by atoms with Crippen LogP contribution in [-0.2, 0) is 16.6 Å². The standard InChI is InChI=1S/C11H12N4O5S/c12-14-10-5-9(15(16)17)1-2-11(10)21(18,19)13-6-8-3-4-20-7-8/h1-5,7,13-14H,6,12H2. The quantitative estimate of drug-likeness (QED) is 0.409. The number of hydrazine groups is 1. The Bertz CT molecular complexity index is 742. The van der Waals surface area contributed by atoms with E-state index in [1.807, 2.05) is 0 Å². The zero-order valence-corrected chi connectivity index (χ0v) is 11.5. The average Bonchev–Trinajstić information content (AvgIpc) is 2.97. The second-order valence-corrected chi connectivity index (χ2v) is 5.77. The van der Waals surface area contributed by atoms with Gasteiger partial charge in [-0.25, -0.2) is 13.1 Å². The molecule has 10 heteroatoms. The maximum absolute atomic E-state index is 12.2. The number of nitro benzene ring substituents is 1. The fourth-order valence-corrected chi connectivity index (χ4v) is 2.79. The maximum Gasteiger partial charge on any atom is 0.271 e. The van der Waals surface area contributed by atoms with E-state index in [4.69, 9.17) is 10.3 Å². The van der Waals surface area contributed by atoms with E-state index in [-0.39, 0.29) is 22.8 Å². The number of anilines is 1. The van der Waals surface area contributed by atoms with Crippen molar-refractivity contribution in [1.82, 2.24) is 4.72 Å². The minimum absolute atomic E-state index is 0.0276. The molecule has 0 saturated heterocycles. The van der Waals surface area contributed by atoms with Gasteiger partial charge >= 0.3 is 0 Å². The van der Waals surface area contributed by atoms with Gasteiger partial charge in [0.2, 0.25) is 10.0 Å². The summed E-state index contributed by atoms with van der Waals surface area (Å²) >= 11 is 0. The lowest BCUT2D eigenvalue weighted by atomic mass is 10.3. The van der Waals surface area contributed by atoms with Crippen LogP contribution in [0.4, 0.5) is 11.4 Å². The van der Waals surface area contributed by atoms with E-state index in [9.17, 15) is 18.5 Å². The minimum atomic E-state index is -3.88. The third kappa shape index (κ3) is 3.37. The summed E-state index contributed by atoms with van der Waals surface area (Å²) in [7, 11) is -3.88. The molecule has 2 aromatic rings. The average molecular weight is 312 g/mol. The SMILES string of the molecule is NNc1cc([N+](=O)[O-])ccc1S(=O)(=O)NCc1ccoc1. The van der Waals surface area contributed by atoms with Crippen LogP contribution in [-0.4, -0.2) is 13.3 Å². The molecule has 0 aliphatic rings. The molecule has 0 fully saturated rings. The summed E-state index contributed by atoms with van der Waals surface area (Å²) in [5.74, 6) is 5.23. The van der Waals surface area contributed by atoms with Crippen molar-refractivity contribution < 1.29 is 17.8 Å². The van der Waals surface area contributed by atoms with Crippen LogP contribution in [0.15, 0.2) is 46.1 Å². The smallest absolute Gasteiger partial charge is 0.271 e. The third-order valence-electron chi connectivity index (χ3n) is 2.67. The van der Waals surface area contributed by atoms with Gasteiger partial charge in [-0.2, -0.15) is 0 Å². The number of sulfonamides is 1. The van der Waals surface area contributed by atoms with E-state index >= 15 is 0 Å². The fourth-order valence-electron chi connectivity index (χ4n) is 1.63. The number of nitro groups is 1. The Hall–Kier alpha value is -2.43. The van der Waals surface area contributed by atoms with Crippen LogP contribution in [0.25, 0.3) is 0 Å². The number of nitrogens with one attached hydrogen (secondary N) is 2. The van der Waals surface area contributed by atoms with E-state index in [2.05, 4.69) is 10.1 Å². The second-order valence-electron chi connectivity index (χ2n) is 4.04. The van der Waals surface area contributed by atoms with E-state index in [1.54, 1.807) is 6.07 Å². The predicted molar refractivity (Wildman–Crippen MR) is 73.6 cm³/mol. The first-order chi connectivity index (χ1) is 9.94. The Balaban J connectivity index is 2.28. The van der Waals surface area contributed by atoms with Crippen LogP contribution in [0.3, 0.4) is 0 Å². The third-order valence-corrected chi connectivity index (χ3v) is 4.12. The van der Waals surface area contributed by atoms with Gasteiger partial charge in [-0.1, -0.05) is 0 Å². The molecule has 9 nitrogen and oxygen atoms in total. The first kappa shape index (κ1) is 15.0. The number of nitrogens with zero attached hydrogens (tertiary/aromatic N) is 1. The highest BCUT2D eigenvalue weighted by Gasteiger charge is 2.21. The molecule has 0 aliphatic heterocycles. The lowest BCUT2D eigenvalue weighted by molar-refractivity contribution is -0.384. The molecule has 2 rings (SSSR count). The molecule has 1 heterocycles. The van der Waals surface area contributed by atoms with Crippen LogP contribution >= 0.6 is 0 Å². The predicted octanol–water partition coefficient (Wildman–Crippen LogP) is 0.952. The molecule has 0 amide bonds. The Morgan fingerprint density at radius 2 is 2.10 bits per heavy atom. The lowest BCUT2D eigenvalue weighted by Crippen LogP contribution is -2.25. The molecular weight excluding hydrogens is 300 g/mol. The van der Waals surface area contributed by atoms with E-state index in [0.29, 0.717) is 5.56 Å². The molecule has 1 aromatic heterocycles. The van der Waals surface area contributed by atoms with Crippen molar-refractivity contribution >= 4 is 21.4 Å². The molecule has 0 aliphatic carbocycles. The second kappa shape index (κ2) is 5.91. The Kier molecular flexibility index (Phi) is 4.21. The van der Waals surface area contributed by atoms with Crippen LogP contribution in [0.1, 0.15) is 5.56 Å². The molecule has 0 unspecified atom stereocenters. The van der Waals surface area contributed by atoms with Crippen molar-refractivity contribution in [3.63, 3.8) is 0 Å². The van der Waals surface area contributed by atoms with Crippen molar-refractivity contribution in [2.75, 3.05) is 5.43 Å². The minimum Gasteiger partial charge on any atom is -0.472 e. The number of nitrogens with two attached hydrogens (primary N) is 1. The largest absolute Gasteiger partial charge is 0.472 e. The molecule has 0 atom stereocenters.